The average molecular weight is 353 g/mol. The van der Waals surface area contributed by atoms with Gasteiger partial charge in [-0.25, -0.2) is 0 Å². The highest BCUT2D eigenvalue weighted by molar-refractivity contribution is 5.79. The van der Waals surface area contributed by atoms with Gasteiger partial charge < -0.3 is 20.3 Å². The van der Waals surface area contributed by atoms with Crippen LogP contribution in [0.3, 0.4) is 0 Å². The summed E-state index contributed by atoms with van der Waals surface area (Å²) < 4.78 is 5.31. The number of aliphatic imine (C=N–C) groups is 1. The summed E-state index contributed by atoms with van der Waals surface area (Å²) in [6, 6.07) is 0. The molecule has 144 valence electrons. The number of guanidine groups is 1. The van der Waals surface area contributed by atoms with E-state index in [0.29, 0.717) is 11.3 Å². The van der Waals surface area contributed by atoms with Crippen molar-refractivity contribution in [2.24, 2.45) is 10.4 Å². The molecule has 2 fully saturated rings. The number of carbonyl (C=O) groups excluding carboxylic acids is 1. The minimum absolute atomic E-state index is 0.307. The van der Waals surface area contributed by atoms with Gasteiger partial charge in [-0.2, -0.15) is 0 Å². The zero-order valence-corrected chi connectivity index (χ0v) is 16.1. The SMILES string of the molecule is CCNC(=NCC1(CCOC)CCCC1)NCCCN1CCCC1=O. The number of carbonyl (C=O) groups is 1. The predicted octanol–water partition coefficient (Wildman–Crippen LogP) is 2.15. The fourth-order valence-corrected chi connectivity index (χ4v) is 3.94. The first-order valence-electron chi connectivity index (χ1n) is 9.98. The highest BCUT2D eigenvalue weighted by Crippen LogP contribution is 2.41. The fraction of sp³-hybridized carbons (Fsp3) is 0.895. The van der Waals surface area contributed by atoms with E-state index >= 15 is 0 Å². The number of amides is 1. The van der Waals surface area contributed by atoms with Crippen LogP contribution in [0, 0.1) is 5.41 Å². The maximum atomic E-state index is 11.6. The Balaban J connectivity index is 1.77. The number of likely N-dealkylation sites (tertiary alicyclic amines) is 1. The largest absolute Gasteiger partial charge is 0.385 e. The number of hydrogen-bond acceptors (Lipinski definition) is 3. The number of nitrogens with zero attached hydrogens (tertiary/aromatic N) is 2. The molecule has 2 rings (SSSR count). The van der Waals surface area contributed by atoms with Gasteiger partial charge in [-0.15, -0.1) is 0 Å². The molecule has 0 bridgehead atoms. The van der Waals surface area contributed by atoms with Gasteiger partial charge in [-0.3, -0.25) is 9.79 Å². The molecule has 0 radical (unpaired) electrons. The van der Waals surface area contributed by atoms with Crippen molar-refractivity contribution in [1.82, 2.24) is 15.5 Å². The molecule has 1 saturated carbocycles. The highest BCUT2D eigenvalue weighted by Gasteiger charge is 2.33. The van der Waals surface area contributed by atoms with Crippen LogP contribution in [0.15, 0.2) is 4.99 Å². The van der Waals surface area contributed by atoms with E-state index in [1.165, 1.54) is 25.7 Å². The van der Waals surface area contributed by atoms with E-state index < -0.39 is 0 Å². The molecule has 2 N–H and O–H groups in total. The Labute approximate surface area is 152 Å². The molecule has 25 heavy (non-hydrogen) atoms. The summed E-state index contributed by atoms with van der Waals surface area (Å²) in [6.07, 6.45) is 8.95. The van der Waals surface area contributed by atoms with E-state index in [2.05, 4.69) is 17.6 Å². The van der Waals surface area contributed by atoms with Crippen LogP contribution in [-0.2, 0) is 9.53 Å². The molecule has 0 spiro atoms. The Bertz CT molecular complexity index is 433. The smallest absolute Gasteiger partial charge is 0.222 e. The first-order chi connectivity index (χ1) is 12.2. The summed E-state index contributed by atoms with van der Waals surface area (Å²) in [5.41, 5.74) is 0.320. The number of methoxy groups -OCH3 is 1. The van der Waals surface area contributed by atoms with Crippen LogP contribution in [0.5, 0.6) is 0 Å². The van der Waals surface area contributed by atoms with Crippen molar-refractivity contribution in [3.8, 4) is 0 Å². The van der Waals surface area contributed by atoms with E-state index in [0.717, 1.165) is 71.0 Å². The minimum atomic E-state index is 0.307. The van der Waals surface area contributed by atoms with E-state index in [9.17, 15) is 4.79 Å². The van der Waals surface area contributed by atoms with Crippen LogP contribution in [0.2, 0.25) is 0 Å². The topological polar surface area (TPSA) is 66.0 Å². The summed E-state index contributed by atoms with van der Waals surface area (Å²) in [5.74, 6) is 1.21. The third-order valence-electron chi connectivity index (χ3n) is 5.49. The Hall–Kier alpha value is -1.30. The summed E-state index contributed by atoms with van der Waals surface area (Å²) >= 11 is 0. The zero-order chi connectivity index (χ0) is 18.0. The number of hydrogen-bond donors (Lipinski definition) is 2. The Morgan fingerprint density at radius 2 is 2.08 bits per heavy atom. The first-order valence-corrected chi connectivity index (χ1v) is 9.98. The molecule has 0 unspecified atom stereocenters. The van der Waals surface area contributed by atoms with Crippen LogP contribution in [0.4, 0.5) is 0 Å². The third kappa shape index (κ3) is 6.49. The average Bonchev–Trinajstić information content (AvgIpc) is 3.24. The van der Waals surface area contributed by atoms with E-state index in [4.69, 9.17) is 9.73 Å². The molecule has 6 nitrogen and oxygen atoms in total. The van der Waals surface area contributed by atoms with Gasteiger partial charge in [-0.1, -0.05) is 12.8 Å². The van der Waals surface area contributed by atoms with Gasteiger partial charge in [0.1, 0.15) is 0 Å². The van der Waals surface area contributed by atoms with Gasteiger partial charge in [-0.05, 0) is 44.4 Å². The second-order valence-electron chi connectivity index (χ2n) is 7.41. The number of rotatable bonds is 10. The molecule has 1 saturated heterocycles. The van der Waals surface area contributed by atoms with Crippen molar-refractivity contribution in [1.29, 1.82) is 0 Å². The standard InChI is InChI=1S/C19H36N4O2/c1-3-20-18(21-12-7-14-23-13-6-8-17(23)24)22-16-19(11-15-25-2)9-4-5-10-19/h3-16H2,1-2H3,(H2,20,21,22). The molecule has 0 aromatic carbocycles. The second-order valence-corrected chi connectivity index (χ2v) is 7.41. The minimum Gasteiger partial charge on any atom is -0.385 e. The summed E-state index contributed by atoms with van der Waals surface area (Å²) in [5, 5.41) is 6.77. The van der Waals surface area contributed by atoms with Crippen molar-refractivity contribution in [3.63, 3.8) is 0 Å². The van der Waals surface area contributed by atoms with Crippen LogP contribution in [-0.4, -0.2) is 63.2 Å². The van der Waals surface area contributed by atoms with Gasteiger partial charge in [0.2, 0.25) is 5.91 Å². The Morgan fingerprint density at radius 3 is 2.72 bits per heavy atom. The van der Waals surface area contributed by atoms with Crippen molar-refractivity contribution in [3.05, 3.63) is 0 Å². The van der Waals surface area contributed by atoms with Crippen molar-refractivity contribution in [2.45, 2.75) is 58.3 Å². The van der Waals surface area contributed by atoms with Crippen LogP contribution >= 0.6 is 0 Å². The third-order valence-corrected chi connectivity index (χ3v) is 5.49. The van der Waals surface area contributed by atoms with Crippen LogP contribution < -0.4 is 10.6 Å². The monoisotopic (exact) mass is 352 g/mol. The molecule has 1 amide bonds. The lowest BCUT2D eigenvalue weighted by Crippen LogP contribution is -2.40. The normalized spacial score (nSPS) is 20.3. The van der Waals surface area contributed by atoms with E-state index in [1.807, 2.05) is 4.90 Å². The molecule has 6 heteroatoms. The summed E-state index contributed by atoms with van der Waals surface area (Å²) in [7, 11) is 1.78. The summed E-state index contributed by atoms with van der Waals surface area (Å²) in [4.78, 5) is 18.5. The summed E-state index contributed by atoms with van der Waals surface area (Å²) in [6.45, 7) is 7.27. The van der Waals surface area contributed by atoms with Crippen molar-refractivity contribution in [2.75, 3.05) is 46.4 Å². The van der Waals surface area contributed by atoms with Crippen molar-refractivity contribution >= 4 is 11.9 Å². The predicted molar refractivity (Wildman–Crippen MR) is 102 cm³/mol. The highest BCUT2D eigenvalue weighted by atomic mass is 16.5. The molecular formula is C19H36N4O2. The maximum absolute atomic E-state index is 11.6. The van der Waals surface area contributed by atoms with Crippen LogP contribution in [0.1, 0.15) is 58.3 Å². The zero-order valence-electron chi connectivity index (χ0n) is 16.1. The lowest BCUT2D eigenvalue weighted by atomic mass is 9.83. The maximum Gasteiger partial charge on any atom is 0.222 e. The molecule has 1 heterocycles. The molecule has 0 aromatic heterocycles. The van der Waals surface area contributed by atoms with Gasteiger partial charge in [0.05, 0.1) is 0 Å². The fourth-order valence-electron chi connectivity index (χ4n) is 3.94. The van der Waals surface area contributed by atoms with Gasteiger partial charge in [0.15, 0.2) is 5.96 Å². The van der Waals surface area contributed by atoms with E-state index in [1.54, 1.807) is 7.11 Å². The number of ether oxygens (including phenoxy) is 1. The van der Waals surface area contributed by atoms with Crippen LogP contribution in [0.25, 0.3) is 0 Å². The molecule has 0 atom stereocenters. The van der Waals surface area contributed by atoms with E-state index in [-0.39, 0.29) is 0 Å². The molecule has 1 aliphatic heterocycles. The Kier molecular flexibility index (Phi) is 8.52. The molecular weight excluding hydrogens is 316 g/mol. The van der Waals surface area contributed by atoms with Gasteiger partial charge >= 0.3 is 0 Å². The molecule has 0 aromatic rings. The first kappa shape index (κ1) is 20.0. The lowest BCUT2D eigenvalue weighted by Gasteiger charge is -2.27. The van der Waals surface area contributed by atoms with Crippen molar-refractivity contribution < 1.29 is 9.53 Å². The second kappa shape index (κ2) is 10.6. The van der Waals surface area contributed by atoms with Gasteiger partial charge in [0.25, 0.3) is 0 Å². The molecule has 1 aliphatic carbocycles. The Morgan fingerprint density at radius 1 is 1.28 bits per heavy atom. The number of nitrogens with one attached hydrogen (secondary N) is 2. The van der Waals surface area contributed by atoms with Gasteiger partial charge in [0, 0.05) is 52.9 Å². The quantitative estimate of drug-likeness (QED) is 0.359. The lowest BCUT2D eigenvalue weighted by molar-refractivity contribution is -0.127. The molecule has 2 aliphatic rings.